The van der Waals surface area contributed by atoms with Crippen LogP contribution in [0, 0.1) is 12.3 Å². The van der Waals surface area contributed by atoms with E-state index in [2.05, 4.69) is 45.9 Å². The molecule has 1 aromatic carbocycles. The summed E-state index contributed by atoms with van der Waals surface area (Å²) in [4.78, 5) is 10.4. The zero-order chi connectivity index (χ0) is 12.9. The van der Waals surface area contributed by atoms with E-state index in [0.29, 0.717) is 11.8 Å². The van der Waals surface area contributed by atoms with Crippen LogP contribution in [-0.4, -0.2) is 6.29 Å². The van der Waals surface area contributed by atoms with E-state index in [-0.39, 0.29) is 0 Å². The number of carbonyl (C=O) groups excluding carboxylic acids is 1. The topological polar surface area (TPSA) is 17.1 Å². The number of hydrogen-bond acceptors (Lipinski definition) is 1. The second kappa shape index (κ2) is 6.00. The lowest BCUT2D eigenvalue weighted by Gasteiger charge is -2.18. The van der Waals surface area contributed by atoms with Gasteiger partial charge in [0, 0.05) is 6.42 Å². The van der Waals surface area contributed by atoms with Crippen LogP contribution in [0.3, 0.4) is 0 Å². The minimum absolute atomic E-state index is 0.393. The third-order valence-corrected chi connectivity index (χ3v) is 3.10. The van der Waals surface area contributed by atoms with E-state index in [1.807, 2.05) is 0 Å². The van der Waals surface area contributed by atoms with Crippen LogP contribution in [-0.2, 0) is 17.6 Å². The van der Waals surface area contributed by atoms with E-state index in [4.69, 9.17) is 0 Å². The fourth-order valence-electron chi connectivity index (χ4n) is 1.93. The zero-order valence-electron chi connectivity index (χ0n) is 11.5. The fourth-order valence-corrected chi connectivity index (χ4v) is 1.93. The molecule has 0 heterocycles. The van der Waals surface area contributed by atoms with Crippen molar-refractivity contribution in [2.45, 2.75) is 53.4 Å². The van der Waals surface area contributed by atoms with Crippen LogP contribution in [0.15, 0.2) is 18.2 Å². The lowest BCUT2D eigenvalue weighted by Crippen LogP contribution is -2.06. The van der Waals surface area contributed by atoms with Crippen LogP contribution in [0.25, 0.3) is 0 Å². The van der Waals surface area contributed by atoms with Gasteiger partial charge in [-0.05, 0) is 48.3 Å². The summed E-state index contributed by atoms with van der Waals surface area (Å²) in [6, 6.07) is 6.65. The Labute approximate surface area is 105 Å². The summed E-state index contributed by atoms with van der Waals surface area (Å²) in [5, 5.41) is 0. The average Bonchev–Trinajstić information content (AvgIpc) is 2.24. The number of aryl methyl sites for hydroxylation is 3. The van der Waals surface area contributed by atoms with Gasteiger partial charge in [0.05, 0.1) is 0 Å². The molecule has 94 valence electrons. The summed E-state index contributed by atoms with van der Waals surface area (Å²) in [7, 11) is 0. The lowest BCUT2D eigenvalue weighted by atomic mass is 9.88. The Morgan fingerprint density at radius 3 is 2.41 bits per heavy atom. The first-order chi connectivity index (χ1) is 7.92. The Bertz CT molecular complexity index is 372. The molecule has 0 spiro atoms. The van der Waals surface area contributed by atoms with Crippen molar-refractivity contribution in [1.82, 2.24) is 0 Å². The highest BCUT2D eigenvalue weighted by Crippen LogP contribution is 2.22. The Kier molecular flexibility index (Phi) is 4.92. The molecular weight excluding hydrogens is 208 g/mol. The van der Waals surface area contributed by atoms with Crippen LogP contribution in [0.5, 0.6) is 0 Å². The highest BCUT2D eigenvalue weighted by molar-refractivity contribution is 5.50. The monoisotopic (exact) mass is 232 g/mol. The second-order valence-corrected chi connectivity index (χ2v) is 6.03. The van der Waals surface area contributed by atoms with Gasteiger partial charge in [-0.1, -0.05) is 39.0 Å². The molecule has 0 fully saturated rings. The molecule has 0 bridgehead atoms. The van der Waals surface area contributed by atoms with Gasteiger partial charge in [-0.3, -0.25) is 0 Å². The van der Waals surface area contributed by atoms with Crippen molar-refractivity contribution in [3.05, 3.63) is 34.9 Å². The van der Waals surface area contributed by atoms with Crippen LogP contribution >= 0.6 is 0 Å². The molecule has 0 atom stereocenters. The molecule has 0 radical (unpaired) electrons. The molecule has 1 heteroatoms. The van der Waals surface area contributed by atoms with Crippen molar-refractivity contribution < 1.29 is 4.79 Å². The summed E-state index contributed by atoms with van der Waals surface area (Å²) in [5.74, 6) is 0. The van der Waals surface area contributed by atoms with Crippen LogP contribution in [0.4, 0.5) is 0 Å². The van der Waals surface area contributed by atoms with Gasteiger partial charge in [0.15, 0.2) is 0 Å². The number of carbonyl (C=O) groups is 1. The number of hydrogen-bond donors (Lipinski definition) is 0. The first-order valence-corrected chi connectivity index (χ1v) is 6.44. The Hall–Kier alpha value is -1.11. The van der Waals surface area contributed by atoms with E-state index < -0.39 is 0 Å². The number of aldehydes is 1. The smallest absolute Gasteiger partial charge is 0.120 e. The minimum Gasteiger partial charge on any atom is -0.303 e. The maximum atomic E-state index is 10.4. The first kappa shape index (κ1) is 14.0. The predicted molar refractivity (Wildman–Crippen MR) is 73.3 cm³/mol. The zero-order valence-corrected chi connectivity index (χ0v) is 11.5. The summed E-state index contributed by atoms with van der Waals surface area (Å²) in [6.45, 7) is 8.97. The molecule has 17 heavy (non-hydrogen) atoms. The second-order valence-electron chi connectivity index (χ2n) is 6.03. The quantitative estimate of drug-likeness (QED) is 0.698. The minimum atomic E-state index is 0.393. The molecule has 0 unspecified atom stereocenters. The lowest BCUT2D eigenvalue weighted by molar-refractivity contribution is -0.107. The van der Waals surface area contributed by atoms with Crippen molar-refractivity contribution in [2.24, 2.45) is 5.41 Å². The van der Waals surface area contributed by atoms with Gasteiger partial charge in [0.1, 0.15) is 6.29 Å². The molecule has 1 nitrogen and oxygen atoms in total. The Morgan fingerprint density at radius 1 is 1.18 bits per heavy atom. The Balaban J connectivity index is 2.65. The van der Waals surface area contributed by atoms with Crippen molar-refractivity contribution in [3.63, 3.8) is 0 Å². The molecule has 1 aromatic rings. The molecule has 1 rings (SSSR count). The summed E-state index contributed by atoms with van der Waals surface area (Å²) in [5.41, 5.74) is 4.42. The van der Waals surface area contributed by atoms with E-state index >= 15 is 0 Å². The number of rotatable bonds is 5. The van der Waals surface area contributed by atoms with Gasteiger partial charge in [0.25, 0.3) is 0 Å². The van der Waals surface area contributed by atoms with E-state index in [0.717, 1.165) is 19.1 Å². The largest absolute Gasteiger partial charge is 0.303 e. The van der Waals surface area contributed by atoms with E-state index in [1.54, 1.807) is 0 Å². The summed E-state index contributed by atoms with van der Waals surface area (Å²) < 4.78 is 0. The molecule has 0 N–H and O–H groups in total. The standard InChI is InChI=1S/C16H24O/c1-13-12-14(9-10-16(2,3)4)7-8-15(13)6-5-11-17/h7-8,11-12H,5-6,9-10H2,1-4H3. The van der Waals surface area contributed by atoms with Gasteiger partial charge in [-0.25, -0.2) is 0 Å². The molecule has 0 aromatic heterocycles. The maximum absolute atomic E-state index is 10.4. The number of benzene rings is 1. The highest BCUT2D eigenvalue weighted by Gasteiger charge is 2.10. The summed E-state index contributed by atoms with van der Waals surface area (Å²) in [6.07, 6.45) is 4.84. The third kappa shape index (κ3) is 5.16. The maximum Gasteiger partial charge on any atom is 0.120 e. The van der Waals surface area contributed by atoms with Gasteiger partial charge >= 0.3 is 0 Å². The molecule has 0 aliphatic carbocycles. The molecule has 0 aliphatic rings. The van der Waals surface area contributed by atoms with Crippen molar-refractivity contribution in [1.29, 1.82) is 0 Å². The van der Waals surface area contributed by atoms with Crippen molar-refractivity contribution in [2.75, 3.05) is 0 Å². The normalized spacial score (nSPS) is 11.5. The molecular formula is C16H24O. The van der Waals surface area contributed by atoms with E-state index in [1.165, 1.54) is 23.1 Å². The molecule has 0 amide bonds. The van der Waals surface area contributed by atoms with Crippen LogP contribution in [0.1, 0.15) is 50.3 Å². The van der Waals surface area contributed by atoms with Crippen molar-refractivity contribution >= 4 is 6.29 Å². The van der Waals surface area contributed by atoms with Crippen molar-refractivity contribution in [3.8, 4) is 0 Å². The van der Waals surface area contributed by atoms with Gasteiger partial charge in [-0.15, -0.1) is 0 Å². The van der Waals surface area contributed by atoms with Crippen LogP contribution in [0.2, 0.25) is 0 Å². The van der Waals surface area contributed by atoms with Gasteiger partial charge < -0.3 is 4.79 Å². The first-order valence-electron chi connectivity index (χ1n) is 6.44. The average molecular weight is 232 g/mol. The van der Waals surface area contributed by atoms with Crippen LogP contribution < -0.4 is 0 Å². The molecule has 0 saturated heterocycles. The third-order valence-electron chi connectivity index (χ3n) is 3.10. The molecule has 0 saturated carbocycles. The van der Waals surface area contributed by atoms with E-state index in [9.17, 15) is 4.79 Å². The fraction of sp³-hybridized carbons (Fsp3) is 0.562. The Morgan fingerprint density at radius 2 is 1.88 bits per heavy atom. The predicted octanol–water partition coefficient (Wildman–Crippen LogP) is 4.11. The van der Waals surface area contributed by atoms with Gasteiger partial charge in [-0.2, -0.15) is 0 Å². The van der Waals surface area contributed by atoms with Gasteiger partial charge in [0.2, 0.25) is 0 Å². The SMILES string of the molecule is Cc1cc(CCC(C)(C)C)ccc1CCC=O. The summed E-state index contributed by atoms with van der Waals surface area (Å²) >= 11 is 0. The highest BCUT2D eigenvalue weighted by atomic mass is 16.1. The molecule has 0 aliphatic heterocycles.